The lowest BCUT2D eigenvalue weighted by Crippen LogP contribution is -2.28. The van der Waals surface area contributed by atoms with Gasteiger partial charge >= 0.3 is 0 Å². The number of carbonyl (C=O) groups excluding carboxylic acids is 1. The maximum atomic E-state index is 13.1. The summed E-state index contributed by atoms with van der Waals surface area (Å²) >= 11 is 3.05. The van der Waals surface area contributed by atoms with Gasteiger partial charge in [0.25, 0.3) is 5.91 Å². The van der Waals surface area contributed by atoms with Crippen LogP contribution in [0.5, 0.6) is 5.75 Å². The predicted molar refractivity (Wildman–Crippen MR) is 78.4 cm³/mol. The van der Waals surface area contributed by atoms with Gasteiger partial charge in [0.2, 0.25) is 0 Å². The van der Waals surface area contributed by atoms with Gasteiger partial charge in [-0.2, -0.15) is 0 Å². The minimum Gasteiger partial charge on any atom is -0.492 e. The summed E-state index contributed by atoms with van der Waals surface area (Å²) in [4.78, 5) is 11.8. The predicted octanol–water partition coefficient (Wildman–Crippen LogP) is 3.40. The Morgan fingerprint density at radius 2 is 1.95 bits per heavy atom. The summed E-state index contributed by atoms with van der Waals surface area (Å²) < 4.78 is 18.8. The van der Waals surface area contributed by atoms with E-state index in [1.165, 1.54) is 18.2 Å². The van der Waals surface area contributed by atoms with Gasteiger partial charge in [-0.1, -0.05) is 18.2 Å². The average Bonchev–Trinajstić information content (AvgIpc) is 2.47. The van der Waals surface area contributed by atoms with Crippen LogP contribution in [-0.4, -0.2) is 19.1 Å². The normalized spacial score (nSPS) is 10.1. The number of hydrogen-bond donors (Lipinski definition) is 1. The molecule has 0 unspecified atom stereocenters. The highest BCUT2D eigenvalue weighted by atomic mass is 79.9. The van der Waals surface area contributed by atoms with E-state index < -0.39 is 5.82 Å². The Labute approximate surface area is 124 Å². The molecule has 0 spiro atoms. The minimum absolute atomic E-state index is 0.262. The van der Waals surface area contributed by atoms with Crippen LogP contribution in [0.2, 0.25) is 0 Å². The molecule has 0 radical (unpaired) electrons. The van der Waals surface area contributed by atoms with Crippen molar-refractivity contribution in [2.24, 2.45) is 0 Å². The Morgan fingerprint density at radius 3 is 2.65 bits per heavy atom. The summed E-state index contributed by atoms with van der Waals surface area (Å²) in [6.45, 7) is 0.751. The highest BCUT2D eigenvalue weighted by Gasteiger charge is 2.07. The van der Waals surface area contributed by atoms with E-state index in [-0.39, 0.29) is 10.4 Å². The fourth-order valence-electron chi connectivity index (χ4n) is 1.59. The SMILES string of the molecule is O=C(NCCOc1ccccc1)c1ccc(F)c(Br)c1. The minimum atomic E-state index is -0.394. The van der Waals surface area contributed by atoms with Crippen molar-refractivity contribution in [3.63, 3.8) is 0 Å². The molecule has 0 aliphatic heterocycles. The van der Waals surface area contributed by atoms with E-state index in [9.17, 15) is 9.18 Å². The molecule has 0 heterocycles. The molecule has 0 bridgehead atoms. The van der Waals surface area contributed by atoms with Gasteiger partial charge in [0, 0.05) is 5.56 Å². The largest absolute Gasteiger partial charge is 0.492 e. The van der Waals surface area contributed by atoms with Crippen molar-refractivity contribution in [2.75, 3.05) is 13.2 Å². The van der Waals surface area contributed by atoms with E-state index in [4.69, 9.17) is 4.74 Å². The van der Waals surface area contributed by atoms with Crippen molar-refractivity contribution in [1.82, 2.24) is 5.32 Å². The van der Waals surface area contributed by atoms with Crippen LogP contribution in [0, 0.1) is 5.82 Å². The van der Waals surface area contributed by atoms with Crippen molar-refractivity contribution in [1.29, 1.82) is 0 Å². The maximum absolute atomic E-state index is 13.1. The second kappa shape index (κ2) is 7.05. The van der Waals surface area contributed by atoms with Crippen molar-refractivity contribution in [3.8, 4) is 5.75 Å². The number of para-hydroxylation sites is 1. The van der Waals surface area contributed by atoms with E-state index in [0.717, 1.165) is 5.75 Å². The third kappa shape index (κ3) is 4.06. The lowest BCUT2D eigenvalue weighted by atomic mass is 10.2. The first kappa shape index (κ1) is 14.5. The zero-order valence-corrected chi connectivity index (χ0v) is 12.2. The molecule has 2 rings (SSSR count). The van der Waals surface area contributed by atoms with E-state index in [1.807, 2.05) is 30.3 Å². The molecule has 2 aromatic carbocycles. The molecule has 2 aromatic rings. The molecule has 1 N–H and O–H groups in total. The molecule has 0 saturated carbocycles. The monoisotopic (exact) mass is 337 g/mol. The summed E-state index contributed by atoms with van der Waals surface area (Å²) in [7, 11) is 0. The number of benzene rings is 2. The first-order valence-electron chi connectivity index (χ1n) is 6.08. The lowest BCUT2D eigenvalue weighted by molar-refractivity contribution is 0.0947. The van der Waals surface area contributed by atoms with Crippen LogP contribution >= 0.6 is 15.9 Å². The number of carbonyl (C=O) groups is 1. The summed E-state index contributed by atoms with van der Waals surface area (Å²) in [6.07, 6.45) is 0. The Balaban J connectivity index is 1.79. The molecule has 0 fully saturated rings. The van der Waals surface area contributed by atoms with Gasteiger partial charge in [-0.05, 0) is 46.3 Å². The second-order valence-corrected chi connectivity index (χ2v) is 4.90. The Morgan fingerprint density at radius 1 is 1.20 bits per heavy atom. The van der Waals surface area contributed by atoms with E-state index in [1.54, 1.807) is 0 Å². The van der Waals surface area contributed by atoms with E-state index in [2.05, 4.69) is 21.2 Å². The van der Waals surface area contributed by atoms with Gasteiger partial charge in [0.15, 0.2) is 0 Å². The number of amides is 1. The molecule has 5 heteroatoms. The van der Waals surface area contributed by atoms with Gasteiger partial charge < -0.3 is 10.1 Å². The van der Waals surface area contributed by atoms with Crippen molar-refractivity contribution < 1.29 is 13.9 Å². The molecular weight excluding hydrogens is 325 g/mol. The summed E-state index contributed by atoms with van der Waals surface area (Å²) in [5.74, 6) is 0.0996. The third-order valence-corrected chi connectivity index (χ3v) is 3.19. The van der Waals surface area contributed by atoms with Gasteiger partial charge in [0.1, 0.15) is 18.2 Å². The van der Waals surface area contributed by atoms with Crippen LogP contribution in [-0.2, 0) is 0 Å². The zero-order chi connectivity index (χ0) is 14.4. The topological polar surface area (TPSA) is 38.3 Å². The van der Waals surface area contributed by atoms with Crippen molar-refractivity contribution in [2.45, 2.75) is 0 Å². The first-order chi connectivity index (χ1) is 9.66. The molecule has 0 atom stereocenters. The Kier molecular flexibility index (Phi) is 5.12. The molecule has 1 amide bonds. The molecular formula is C15H13BrFNO2. The molecule has 0 aromatic heterocycles. The molecule has 3 nitrogen and oxygen atoms in total. The van der Waals surface area contributed by atoms with Crippen LogP contribution in [0.15, 0.2) is 53.0 Å². The van der Waals surface area contributed by atoms with E-state index >= 15 is 0 Å². The zero-order valence-electron chi connectivity index (χ0n) is 10.6. The van der Waals surface area contributed by atoms with Crippen molar-refractivity contribution in [3.05, 3.63) is 64.4 Å². The van der Waals surface area contributed by atoms with Crippen molar-refractivity contribution >= 4 is 21.8 Å². The van der Waals surface area contributed by atoms with Gasteiger partial charge in [-0.15, -0.1) is 0 Å². The van der Waals surface area contributed by atoms with Crippen LogP contribution in [0.1, 0.15) is 10.4 Å². The second-order valence-electron chi connectivity index (χ2n) is 4.05. The number of halogens is 2. The van der Waals surface area contributed by atoms with E-state index in [0.29, 0.717) is 18.7 Å². The summed E-state index contributed by atoms with van der Waals surface area (Å²) in [5.41, 5.74) is 0.401. The smallest absolute Gasteiger partial charge is 0.251 e. The summed E-state index contributed by atoms with van der Waals surface area (Å²) in [5, 5.41) is 2.71. The fourth-order valence-corrected chi connectivity index (χ4v) is 1.97. The van der Waals surface area contributed by atoms with Gasteiger partial charge in [-0.25, -0.2) is 4.39 Å². The standard InChI is InChI=1S/C15H13BrFNO2/c16-13-10-11(6-7-14(13)17)15(19)18-8-9-20-12-4-2-1-3-5-12/h1-7,10H,8-9H2,(H,18,19). The fraction of sp³-hybridized carbons (Fsp3) is 0.133. The molecule has 104 valence electrons. The Hall–Kier alpha value is -1.88. The number of hydrogen-bond acceptors (Lipinski definition) is 2. The first-order valence-corrected chi connectivity index (χ1v) is 6.87. The van der Waals surface area contributed by atoms with Gasteiger partial charge in [-0.3, -0.25) is 4.79 Å². The average molecular weight is 338 g/mol. The number of rotatable bonds is 5. The van der Waals surface area contributed by atoms with Crippen LogP contribution in [0.3, 0.4) is 0 Å². The lowest BCUT2D eigenvalue weighted by Gasteiger charge is -2.08. The number of ether oxygens (including phenoxy) is 1. The quantitative estimate of drug-likeness (QED) is 0.849. The number of nitrogens with one attached hydrogen (secondary N) is 1. The third-order valence-electron chi connectivity index (χ3n) is 2.58. The molecule has 20 heavy (non-hydrogen) atoms. The van der Waals surface area contributed by atoms with Crippen LogP contribution < -0.4 is 10.1 Å². The molecule has 0 aliphatic carbocycles. The van der Waals surface area contributed by atoms with Crippen LogP contribution in [0.25, 0.3) is 0 Å². The van der Waals surface area contributed by atoms with Crippen LogP contribution in [0.4, 0.5) is 4.39 Å². The highest BCUT2D eigenvalue weighted by Crippen LogP contribution is 2.16. The molecule has 0 saturated heterocycles. The summed E-state index contributed by atoms with van der Waals surface area (Å²) in [6, 6.07) is 13.5. The Bertz CT molecular complexity index is 590. The maximum Gasteiger partial charge on any atom is 0.251 e. The highest BCUT2D eigenvalue weighted by molar-refractivity contribution is 9.10. The van der Waals surface area contributed by atoms with Gasteiger partial charge in [0.05, 0.1) is 11.0 Å². The molecule has 0 aliphatic rings.